The van der Waals surface area contributed by atoms with Crippen LogP contribution in [0.1, 0.15) is 22.3 Å². The van der Waals surface area contributed by atoms with E-state index in [0.29, 0.717) is 0 Å². The fourth-order valence-electron chi connectivity index (χ4n) is 7.81. The third-order valence-corrected chi connectivity index (χ3v) is 9.51. The Bertz CT molecular complexity index is 1980. The van der Waals surface area contributed by atoms with Gasteiger partial charge >= 0.3 is 0 Å². The lowest BCUT2D eigenvalue weighted by Crippen LogP contribution is -2.36. The van der Waals surface area contributed by atoms with E-state index in [0.717, 1.165) is 36.2 Å². The molecule has 0 bridgehead atoms. The SMILES string of the molecule is CN1C=CN(c2cccc(Oc3cccc(N4CN(C)C5=C4c4ccccc4C54c5ccccc5-c5ccccc54)c3)c2)C1. The maximum Gasteiger partial charge on any atom is 0.129 e. The fraction of sp³-hybridized carbons (Fsp3) is 0.128. The Kier molecular flexibility index (Phi) is 5.30. The molecule has 5 nitrogen and oxygen atoms in total. The predicted octanol–water partition coefficient (Wildman–Crippen LogP) is 8.07. The largest absolute Gasteiger partial charge is 0.457 e. The first kappa shape index (κ1) is 25.1. The van der Waals surface area contributed by atoms with E-state index >= 15 is 0 Å². The van der Waals surface area contributed by atoms with E-state index in [1.807, 2.05) is 12.1 Å². The summed E-state index contributed by atoms with van der Waals surface area (Å²) in [7, 11) is 4.32. The van der Waals surface area contributed by atoms with E-state index in [2.05, 4.69) is 155 Å². The number of anilines is 2. The summed E-state index contributed by atoms with van der Waals surface area (Å²) in [6.07, 6.45) is 4.18. The van der Waals surface area contributed by atoms with Crippen LogP contribution < -0.4 is 14.5 Å². The molecule has 5 aromatic carbocycles. The minimum absolute atomic E-state index is 0.352. The number of hydrogen-bond acceptors (Lipinski definition) is 5. The van der Waals surface area contributed by atoms with E-state index in [9.17, 15) is 0 Å². The Labute approximate surface area is 258 Å². The van der Waals surface area contributed by atoms with Crippen LogP contribution in [0.2, 0.25) is 0 Å². The maximum absolute atomic E-state index is 6.48. The van der Waals surface area contributed by atoms with Gasteiger partial charge in [-0.15, -0.1) is 0 Å². The molecular formula is C39H32N4O. The van der Waals surface area contributed by atoms with E-state index in [1.165, 1.54) is 44.8 Å². The van der Waals surface area contributed by atoms with Crippen LogP contribution >= 0.6 is 0 Å². The van der Waals surface area contributed by atoms with E-state index in [1.54, 1.807) is 0 Å². The van der Waals surface area contributed by atoms with Gasteiger partial charge < -0.3 is 24.3 Å². The van der Waals surface area contributed by atoms with Crippen LogP contribution in [0.25, 0.3) is 16.8 Å². The quantitative estimate of drug-likeness (QED) is 0.217. The third kappa shape index (κ3) is 3.41. The zero-order chi connectivity index (χ0) is 29.4. The van der Waals surface area contributed by atoms with Gasteiger partial charge in [-0.05, 0) is 52.1 Å². The molecule has 0 aromatic heterocycles. The standard InChI is InChI=1S/C39H32N4O/c1-40-21-22-42(25-40)27-11-9-13-29(23-27)44-30-14-10-12-28(24-30)43-26-41(2)38-37(43)33-17-5-8-20-36(33)39(38)34-18-6-3-15-31(34)32-16-4-7-19-35(32)39/h3-24H,25-26H2,1-2H3. The predicted molar refractivity (Wildman–Crippen MR) is 177 cm³/mol. The first-order valence-corrected chi connectivity index (χ1v) is 15.2. The molecule has 0 saturated heterocycles. The van der Waals surface area contributed by atoms with Gasteiger partial charge in [-0.2, -0.15) is 0 Å². The number of likely N-dealkylation sites (N-methyl/N-ethyl adjacent to an activating group) is 1. The summed E-state index contributed by atoms with van der Waals surface area (Å²) in [5.41, 5.74) is 12.5. The second kappa shape index (κ2) is 9.29. The highest BCUT2D eigenvalue weighted by Gasteiger charge is 2.57. The van der Waals surface area contributed by atoms with E-state index in [-0.39, 0.29) is 5.41 Å². The second-order valence-electron chi connectivity index (χ2n) is 12.1. The Morgan fingerprint density at radius 2 is 1.14 bits per heavy atom. The molecule has 0 N–H and O–H groups in total. The van der Waals surface area contributed by atoms with Gasteiger partial charge in [-0.3, -0.25) is 0 Å². The molecule has 44 heavy (non-hydrogen) atoms. The summed E-state index contributed by atoms with van der Waals surface area (Å²) in [6, 6.07) is 43.7. The summed E-state index contributed by atoms with van der Waals surface area (Å²) >= 11 is 0. The Morgan fingerprint density at radius 1 is 0.568 bits per heavy atom. The number of benzene rings is 5. The molecule has 5 heteroatoms. The number of rotatable bonds is 4. The van der Waals surface area contributed by atoms with Crippen LogP contribution in [-0.4, -0.2) is 37.2 Å². The molecule has 214 valence electrons. The topological polar surface area (TPSA) is 22.2 Å². The van der Waals surface area contributed by atoms with Crippen molar-refractivity contribution in [2.45, 2.75) is 5.41 Å². The highest BCUT2D eigenvalue weighted by atomic mass is 16.5. The lowest BCUT2D eigenvalue weighted by atomic mass is 9.72. The lowest BCUT2D eigenvalue weighted by molar-refractivity contribution is 0.410. The zero-order valence-corrected chi connectivity index (χ0v) is 24.8. The number of fused-ring (bicyclic) bond motifs is 9. The number of hydrogen-bond donors (Lipinski definition) is 0. The van der Waals surface area contributed by atoms with Crippen molar-refractivity contribution in [3.63, 3.8) is 0 Å². The van der Waals surface area contributed by atoms with Gasteiger partial charge in [0, 0.05) is 55.6 Å². The molecule has 2 aliphatic heterocycles. The fourth-order valence-corrected chi connectivity index (χ4v) is 7.81. The van der Waals surface area contributed by atoms with Gasteiger partial charge in [-0.1, -0.05) is 84.9 Å². The van der Waals surface area contributed by atoms with Gasteiger partial charge in [-0.25, -0.2) is 0 Å². The molecule has 2 heterocycles. The normalized spacial score (nSPS) is 17.0. The van der Waals surface area contributed by atoms with Crippen LogP contribution in [-0.2, 0) is 5.41 Å². The minimum atomic E-state index is -0.352. The van der Waals surface area contributed by atoms with Gasteiger partial charge in [0.15, 0.2) is 0 Å². The lowest BCUT2D eigenvalue weighted by Gasteiger charge is -2.35. The molecule has 0 unspecified atom stereocenters. The van der Waals surface area contributed by atoms with Gasteiger partial charge in [0.2, 0.25) is 0 Å². The van der Waals surface area contributed by atoms with Crippen LogP contribution in [0.3, 0.4) is 0 Å². The van der Waals surface area contributed by atoms with Crippen molar-refractivity contribution in [1.82, 2.24) is 9.80 Å². The van der Waals surface area contributed by atoms with Crippen molar-refractivity contribution in [2.75, 3.05) is 37.2 Å². The van der Waals surface area contributed by atoms with Crippen LogP contribution in [0.15, 0.2) is 139 Å². The summed E-state index contributed by atoms with van der Waals surface area (Å²) in [6.45, 7) is 1.59. The number of allylic oxidation sites excluding steroid dienone is 1. The Morgan fingerprint density at radius 3 is 1.77 bits per heavy atom. The summed E-state index contributed by atoms with van der Waals surface area (Å²) in [5, 5.41) is 0. The number of nitrogens with zero attached hydrogens (tertiary/aromatic N) is 4. The molecule has 0 atom stereocenters. The highest BCUT2D eigenvalue weighted by molar-refractivity contribution is 5.98. The summed E-state index contributed by atoms with van der Waals surface area (Å²) in [4.78, 5) is 9.28. The Balaban J connectivity index is 1.15. The summed E-state index contributed by atoms with van der Waals surface area (Å²) in [5.74, 6) is 1.65. The van der Waals surface area contributed by atoms with Crippen molar-refractivity contribution in [3.8, 4) is 22.6 Å². The van der Waals surface area contributed by atoms with Gasteiger partial charge in [0.1, 0.15) is 11.5 Å². The second-order valence-corrected chi connectivity index (χ2v) is 12.1. The molecule has 2 aliphatic carbocycles. The molecule has 5 aromatic rings. The molecule has 9 rings (SSSR count). The zero-order valence-electron chi connectivity index (χ0n) is 24.8. The van der Waals surface area contributed by atoms with Crippen LogP contribution in [0.4, 0.5) is 11.4 Å². The van der Waals surface area contributed by atoms with Gasteiger partial charge in [0.05, 0.1) is 30.1 Å². The van der Waals surface area contributed by atoms with E-state index < -0.39 is 0 Å². The monoisotopic (exact) mass is 572 g/mol. The molecule has 0 radical (unpaired) electrons. The van der Waals surface area contributed by atoms with E-state index in [4.69, 9.17) is 4.74 Å². The van der Waals surface area contributed by atoms with Crippen LogP contribution in [0.5, 0.6) is 11.5 Å². The van der Waals surface area contributed by atoms with Crippen LogP contribution in [0, 0.1) is 0 Å². The molecule has 0 fully saturated rings. The molecule has 1 spiro atoms. The maximum atomic E-state index is 6.48. The smallest absolute Gasteiger partial charge is 0.129 e. The summed E-state index contributed by atoms with van der Waals surface area (Å²) < 4.78 is 6.48. The first-order valence-electron chi connectivity index (χ1n) is 15.2. The van der Waals surface area contributed by atoms with Crippen molar-refractivity contribution in [2.24, 2.45) is 0 Å². The van der Waals surface area contributed by atoms with Gasteiger partial charge in [0.25, 0.3) is 0 Å². The average molecular weight is 573 g/mol. The van der Waals surface area contributed by atoms with Crippen molar-refractivity contribution < 1.29 is 4.74 Å². The molecule has 0 amide bonds. The Hall–Kier alpha value is -5.42. The molecular weight excluding hydrogens is 540 g/mol. The highest BCUT2D eigenvalue weighted by Crippen LogP contribution is 2.64. The molecule has 4 aliphatic rings. The van der Waals surface area contributed by atoms with Crippen molar-refractivity contribution >= 4 is 17.1 Å². The third-order valence-electron chi connectivity index (χ3n) is 9.51. The number of ether oxygens (including phenoxy) is 1. The first-order chi connectivity index (χ1) is 21.6. The van der Waals surface area contributed by atoms with Crippen molar-refractivity contribution in [1.29, 1.82) is 0 Å². The average Bonchev–Trinajstić information content (AvgIpc) is 3.80. The minimum Gasteiger partial charge on any atom is -0.457 e. The molecule has 0 saturated carbocycles. The van der Waals surface area contributed by atoms with Crippen molar-refractivity contribution in [3.05, 3.63) is 162 Å².